The van der Waals surface area contributed by atoms with Gasteiger partial charge in [0.2, 0.25) is 0 Å². The molecule has 0 radical (unpaired) electrons. The summed E-state index contributed by atoms with van der Waals surface area (Å²) >= 11 is 0. The van der Waals surface area contributed by atoms with Gasteiger partial charge in [-0.3, -0.25) is 14.9 Å². The first-order valence-corrected chi connectivity index (χ1v) is 4.58. The Morgan fingerprint density at radius 2 is 2.20 bits per heavy atom. The number of carbonyl (C=O) groups is 1. The first-order chi connectivity index (χ1) is 7.10. The number of nitro groups is 1. The van der Waals surface area contributed by atoms with Gasteiger partial charge in [-0.2, -0.15) is 0 Å². The number of aryl methyl sites for hydroxylation is 1. The Hall–Kier alpha value is -1.91. The predicted molar refractivity (Wildman–Crippen MR) is 57.4 cm³/mol. The first-order valence-electron chi connectivity index (χ1n) is 4.58. The van der Waals surface area contributed by atoms with E-state index in [4.69, 9.17) is 0 Å². The van der Waals surface area contributed by atoms with Crippen LogP contribution in [0.1, 0.15) is 22.8 Å². The lowest BCUT2D eigenvalue weighted by Crippen LogP contribution is -2.03. The number of non-ortho nitro benzene ring substituents is 1. The second-order valence-corrected chi connectivity index (χ2v) is 3.13. The third kappa shape index (κ3) is 2.31. The summed E-state index contributed by atoms with van der Waals surface area (Å²) in [4.78, 5) is 20.8. The number of rotatable bonds is 4. The quantitative estimate of drug-likeness (QED) is 0.467. The highest BCUT2D eigenvalue weighted by Gasteiger charge is 2.13. The second kappa shape index (κ2) is 4.54. The largest absolute Gasteiger partial charge is 0.385 e. The second-order valence-electron chi connectivity index (χ2n) is 3.13. The number of anilines is 1. The number of carbonyl (C=O) groups excluding carboxylic acids is 1. The van der Waals surface area contributed by atoms with Crippen LogP contribution in [0, 0.1) is 17.0 Å². The molecule has 1 N–H and O–H groups in total. The lowest BCUT2D eigenvalue weighted by atomic mass is 10.1. The summed E-state index contributed by atoms with van der Waals surface area (Å²) in [5.74, 6) is 0. The molecule has 0 saturated heterocycles. The van der Waals surface area contributed by atoms with E-state index >= 15 is 0 Å². The maximum absolute atomic E-state index is 10.8. The Morgan fingerprint density at radius 1 is 1.53 bits per heavy atom. The van der Waals surface area contributed by atoms with E-state index in [0.717, 1.165) is 0 Å². The molecule has 5 nitrogen and oxygen atoms in total. The smallest absolute Gasteiger partial charge is 0.270 e. The van der Waals surface area contributed by atoms with Crippen LogP contribution in [0.4, 0.5) is 11.4 Å². The van der Waals surface area contributed by atoms with Crippen LogP contribution in [0.15, 0.2) is 12.1 Å². The normalized spacial score (nSPS) is 9.73. The number of benzene rings is 1. The number of nitrogens with one attached hydrogen (secondary N) is 1. The molecule has 0 amide bonds. The summed E-state index contributed by atoms with van der Waals surface area (Å²) in [6, 6.07) is 2.73. The molecule has 0 atom stereocenters. The van der Waals surface area contributed by atoms with Crippen molar-refractivity contribution in [3.63, 3.8) is 0 Å². The molecule has 0 unspecified atom stereocenters. The molecule has 0 bridgehead atoms. The Kier molecular flexibility index (Phi) is 3.38. The van der Waals surface area contributed by atoms with Crippen molar-refractivity contribution >= 4 is 17.7 Å². The van der Waals surface area contributed by atoms with Crippen molar-refractivity contribution in [3.8, 4) is 0 Å². The molecular formula is C10H12N2O3. The molecule has 0 aliphatic rings. The molecule has 0 fully saturated rings. The molecule has 0 saturated carbocycles. The molecule has 0 heterocycles. The Bertz CT molecular complexity index is 402. The third-order valence-electron chi connectivity index (χ3n) is 2.04. The highest BCUT2D eigenvalue weighted by Crippen LogP contribution is 2.25. The molecule has 1 aromatic rings. The van der Waals surface area contributed by atoms with Gasteiger partial charge in [-0.15, -0.1) is 0 Å². The summed E-state index contributed by atoms with van der Waals surface area (Å²) in [5.41, 5.74) is 1.63. The van der Waals surface area contributed by atoms with E-state index in [0.29, 0.717) is 29.6 Å². The van der Waals surface area contributed by atoms with Crippen LogP contribution in [0.2, 0.25) is 0 Å². The van der Waals surface area contributed by atoms with Gasteiger partial charge in [-0.05, 0) is 19.4 Å². The van der Waals surface area contributed by atoms with Crippen molar-refractivity contribution in [1.29, 1.82) is 0 Å². The minimum atomic E-state index is -0.504. The average Bonchev–Trinajstić information content (AvgIpc) is 2.20. The maximum atomic E-state index is 10.8. The van der Waals surface area contributed by atoms with Gasteiger partial charge in [0.05, 0.1) is 4.92 Å². The standard InChI is InChI=1S/C10H12N2O3/c1-3-11-10-7(2)4-9(12(14)15)5-8(10)6-13/h4-6,11H,3H2,1-2H3. The van der Waals surface area contributed by atoms with E-state index in [1.165, 1.54) is 12.1 Å². The summed E-state index contributed by atoms with van der Waals surface area (Å²) in [7, 11) is 0. The molecule has 15 heavy (non-hydrogen) atoms. The van der Waals surface area contributed by atoms with E-state index in [9.17, 15) is 14.9 Å². The minimum absolute atomic E-state index is 0.0590. The van der Waals surface area contributed by atoms with Crippen LogP contribution in [-0.2, 0) is 0 Å². The topological polar surface area (TPSA) is 72.2 Å². The van der Waals surface area contributed by atoms with Gasteiger partial charge >= 0.3 is 0 Å². The van der Waals surface area contributed by atoms with Crippen molar-refractivity contribution in [1.82, 2.24) is 0 Å². The van der Waals surface area contributed by atoms with E-state index in [2.05, 4.69) is 5.32 Å². The number of hydrogen-bond acceptors (Lipinski definition) is 4. The van der Waals surface area contributed by atoms with Crippen LogP contribution in [-0.4, -0.2) is 17.8 Å². The summed E-state index contributed by atoms with van der Waals surface area (Å²) < 4.78 is 0. The Balaban J connectivity index is 3.30. The summed E-state index contributed by atoms with van der Waals surface area (Å²) in [6.07, 6.45) is 0.623. The van der Waals surface area contributed by atoms with Gasteiger partial charge < -0.3 is 5.32 Å². The number of nitro benzene ring substituents is 1. The molecular weight excluding hydrogens is 196 g/mol. The Labute approximate surface area is 87.3 Å². The van der Waals surface area contributed by atoms with Gasteiger partial charge in [0, 0.05) is 29.9 Å². The third-order valence-corrected chi connectivity index (χ3v) is 2.04. The lowest BCUT2D eigenvalue weighted by molar-refractivity contribution is -0.384. The Morgan fingerprint density at radius 3 is 2.67 bits per heavy atom. The van der Waals surface area contributed by atoms with Crippen LogP contribution >= 0.6 is 0 Å². The lowest BCUT2D eigenvalue weighted by Gasteiger charge is -2.09. The fourth-order valence-corrected chi connectivity index (χ4v) is 1.41. The van der Waals surface area contributed by atoms with Gasteiger partial charge in [-0.25, -0.2) is 0 Å². The molecule has 0 aliphatic heterocycles. The van der Waals surface area contributed by atoms with Crippen LogP contribution < -0.4 is 5.32 Å². The molecule has 0 spiro atoms. The average molecular weight is 208 g/mol. The van der Waals surface area contributed by atoms with E-state index < -0.39 is 4.92 Å². The monoisotopic (exact) mass is 208 g/mol. The molecule has 80 valence electrons. The molecule has 1 rings (SSSR count). The molecule has 1 aromatic carbocycles. The molecule has 0 aliphatic carbocycles. The summed E-state index contributed by atoms with van der Waals surface area (Å²) in [5, 5.41) is 13.6. The highest BCUT2D eigenvalue weighted by atomic mass is 16.6. The van der Waals surface area contributed by atoms with Crippen molar-refractivity contribution in [3.05, 3.63) is 33.4 Å². The number of hydrogen-bond donors (Lipinski definition) is 1. The van der Waals surface area contributed by atoms with Crippen LogP contribution in [0.5, 0.6) is 0 Å². The fourth-order valence-electron chi connectivity index (χ4n) is 1.41. The van der Waals surface area contributed by atoms with Gasteiger partial charge in [0.15, 0.2) is 6.29 Å². The SMILES string of the molecule is CCNc1c(C)cc([N+](=O)[O-])cc1C=O. The fraction of sp³-hybridized carbons (Fsp3) is 0.300. The van der Waals surface area contributed by atoms with Crippen molar-refractivity contribution in [2.75, 3.05) is 11.9 Å². The summed E-state index contributed by atoms with van der Waals surface area (Å²) in [6.45, 7) is 4.30. The van der Waals surface area contributed by atoms with E-state index in [1.54, 1.807) is 6.92 Å². The van der Waals surface area contributed by atoms with E-state index in [1.807, 2.05) is 6.92 Å². The van der Waals surface area contributed by atoms with E-state index in [-0.39, 0.29) is 5.69 Å². The van der Waals surface area contributed by atoms with Crippen molar-refractivity contribution in [2.24, 2.45) is 0 Å². The first kappa shape index (κ1) is 11.2. The maximum Gasteiger partial charge on any atom is 0.270 e. The van der Waals surface area contributed by atoms with Crippen molar-refractivity contribution < 1.29 is 9.72 Å². The minimum Gasteiger partial charge on any atom is -0.385 e. The van der Waals surface area contributed by atoms with Gasteiger partial charge in [0.1, 0.15) is 0 Å². The number of nitrogens with zero attached hydrogens (tertiary/aromatic N) is 1. The number of aldehydes is 1. The zero-order valence-electron chi connectivity index (χ0n) is 8.61. The van der Waals surface area contributed by atoms with Crippen molar-refractivity contribution in [2.45, 2.75) is 13.8 Å². The molecule has 0 aromatic heterocycles. The van der Waals surface area contributed by atoms with Gasteiger partial charge in [-0.1, -0.05) is 0 Å². The zero-order valence-corrected chi connectivity index (χ0v) is 8.61. The predicted octanol–water partition coefficient (Wildman–Crippen LogP) is 2.15. The van der Waals surface area contributed by atoms with Crippen LogP contribution in [0.25, 0.3) is 0 Å². The van der Waals surface area contributed by atoms with Crippen LogP contribution in [0.3, 0.4) is 0 Å². The highest BCUT2D eigenvalue weighted by molar-refractivity contribution is 5.87. The zero-order chi connectivity index (χ0) is 11.4. The van der Waals surface area contributed by atoms with Gasteiger partial charge in [0.25, 0.3) is 5.69 Å². The molecule has 5 heteroatoms.